The Kier molecular flexibility index (Phi) is 3.98. The molecular weight excluding hydrogens is 404 g/mol. The molecule has 0 fully saturated rings. The van der Waals surface area contributed by atoms with Crippen molar-refractivity contribution >= 4 is 37.6 Å². The molecule has 0 N–H and O–H groups in total. The van der Waals surface area contributed by atoms with Crippen LogP contribution in [0.2, 0.25) is 0 Å². The van der Waals surface area contributed by atoms with Gasteiger partial charge in [0.2, 0.25) is 0 Å². The molecule has 1 aromatic heterocycles. The van der Waals surface area contributed by atoms with Crippen LogP contribution in [0, 0.1) is 0 Å². The van der Waals surface area contributed by atoms with Crippen molar-refractivity contribution < 1.29 is 0 Å². The summed E-state index contributed by atoms with van der Waals surface area (Å²) in [5.74, 6) is 1.00. The normalized spacial score (nSPS) is 16.9. The van der Waals surface area contributed by atoms with Crippen LogP contribution in [0.5, 0.6) is 0 Å². The quantitative estimate of drug-likeness (QED) is 0.269. The van der Waals surface area contributed by atoms with Crippen LogP contribution < -0.4 is 0 Å². The van der Waals surface area contributed by atoms with Gasteiger partial charge in [0.1, 0.15) is 0 Å². The summed E-state index contributed by atoms with van der Waals surface area (Å²) < 4.78 is 2.83. The minimum absolute atomic E-state index is 0.498. The van der Waals surface area contributed by atoms with Gasteiger partial charge in [0.05, 0.1) is 0 Å². The van der Waals surface area contributed by atoms with E-state index in [2.05, 4.69) is 97.9 Å². The van der Waals surface area contributed by atoms with Gasteiger partial charge in [-0.05, 0) is 65.3 Å². The van der Waals surface area contributed by atoms with Gasteiger partial charge < -0.3 is 0 Å². The van der Waals surface area contributed by atoms with Crippen molar-refractivity contribution in [2.24, 2.45) is 0 Å². The van der Waals surface area contributed by atoms with E-state index in [9.17, 15) is 0 Å². The molecule has 5 aromatic rings. The minimum Gasteiger partial charge on any atom is -0.135 e. The van der Waals surface area contributed by atoms with Crippen LogP contribution in [-0.4, -0.2) is 0 Å². The van der Waals surface area contributed by atoms with Gasteiger partial charge in [-0.2, -0.15) is 0 Å². The van der Waals surface area contributed by atoms with Crippen molar-refractivity contribution in [2.45, 2.75) is 31.6 Å². The maximum Gasteiger partial charge on any atom is 0.0358 e. The molecule has 32 heavy (non-hydrogen) atoms. The number of benzene rings is 4. The Bertz CT molecular complexity index is 1500. The SMILES string of the molecule is CC1=Cc2ccc3sc4ccccc4c3c2C1CCC1c2ccccc2-c2ccccc21. The lowest BCUT2D eigenvalue weighted by Gasteiger charge is -2.20. The molecule has 1 heteroatoms. The molecule has 1 unspecified atom stereocenters. The van der Waals surface area contributed by atoms with Gasteiger partial charge in [-0.15, -0.1) is 11.3 Å². The molecule has 1 heterocycles. The van der Waals surface area contributed by atoms with E-state index < -0.39 is 0 Å². The number of allylic oxidation sites excluding steroid dienone is 1. The van der Waals surface area contributed by atoms with E-state index in [1.165, 1.54) is 66.4 Å². The minimum atomic E-state index is 0.498. The summed E-state index contributed by atoms with van der Waals surface area (Å²) in [5.41, 5.74) is 10.4. The fourth-order valence-corrected chi connectivity index (χ4v) is 7.33. The van der Waals surface area contributed by atoms with Crippen molar-refractivity contribution in [1.82, 2.24) is 0 Å². The zero-order valence-electron chi connectivity index (χ0n) is 18.1. The van der Waals surface area contributed by atoms with E-state index in [1.807, 2.05) is 11.3 Å². The first kappa shape index (κ1) is 18.4. The molecule has 154 valence electrons. The Hall–Kier alpha value is -3.16. The molecule has 0 spiro atoms. The molecule has 0 aliphatic heterocycles. The Morgan fingerprint density at radius 2 is 1.31 bits per heavy atom. The highest BCUT2D eigenvalue weighted by Gasteiger charge is 2.31. The first-order valence-electron chi connectivity index (χ1n) is 11.6. The molecule has 7 rings (SSSR count). The van der Waals surface area contributed by atoms with Gasteiger partial charge in [0.15, 0.2) is 0 Å². The van der Waals surface area contributed by atoms with Crippen molar-refractivity contribution in [1.29, 1.82) is 0 Å². The highest BCUT2D eigenvalue weighted by atomic mass is 32.1. The van der Waals surface area contributed by atoms with Crippen molar-refractivity contribution in [3.05, 3.63) is 113 Å². The second kappa shape index (κ2) is 6.92. The van der Waals surface area contributed by atoms with E-state index in [-0.39, 0.29) is 0 Å². The van der Waals surface area contributed by atoms with Crippen LogP contribution in [0.3, 0.4) is 0 Å². The predicted octanol–water partition coefficient (Wildman–Crippen LogP) is 9.15. The van der Waals surface area contributed by atoms with E-state index in [0.717, 1.165) is 0 Å². The van der Waals surface area contributed by atoms with Crippen LogP contribution in [0.15, 0.2) is 90.5 Å². The van der Waals surface area contributed by atoms with E-state index in [4.69, 9.17) is 0 Å². The fourth-order valence-electron chi connectivity index (χ4n) is 6.21. The number of fused-ring (bicyclic) bond motifs is 8. The van der Waals surface area contributed by atoms with Crippen LogP contribution >= 0.6 is 11.3 Å². The molecule has 0 saturated heterocycles. The second-order valence-electron chi connectivity index (χ2n) is 9.29. The average Bonchev–Trinajstić information content (AvgIpc) is 3.46. The zero-order chi connectivity index (χ0) is 21.2. The second-order valence-corrected chi connectivity index (χ2v) is 10.4. The molecule has 0 saturated carbocycles. The lowest BCUT2D eigenvalue weighted by Crippen LogP contribution is -2.03. The molecule has 0 bridgehead atoms. The van der Waals surface area contributed by atoms with Gasteiger partial charge in [-0.3, -0.25) is 0 Å². The Morgan fingerprint density at radius 1 is 0.656 bits per heavy atom. The molecule has 4 aromatic carbocycles. The Labute approximate surface area is 192 Å². The summed E-state index contributed by atoms with van der Waals surface area (Å²) >= 11 is 1.93. The Morgan fingerprint density at radius 3 is 2.09 bits per heavy atom. The summed E-state index contributed by atoms with van der Waals surface area (Å²) in [6, 6.07) is 31.6. The van der Waals surface area contributed by atoms with Gasteiger partial charge in [-0.1, -0.05) is 84.4 Å². The predicted molar refractivity (Wildman–Crippen MR) is 139 cm³/mol. The van der Waals surface area contributed by atoms with E-state index in [1.54, 1.807) is 5.56 Å². The molecule has 0 nitrogen and oxygen atoms in total. The van der Waals surface area contributed by atoms with E-state index in [0.29, 0.717) is 11.8 Å². The maximum absolute atomic E-state index is 2.43. The van der Waals surface area contributed by atoms with Crippen molar-refractivity contribution in [3.63, 3.8) is 0 Å². The van der Waals surface area contributed by atoms with Gasteiger partial charge in [-0.25, -0.2) is 0 Å². The average molecular weight is 429 g/mol. The van der Waals surface area contributed by atoms with Gasteiger partial charge >= 0.3 is 0 Å². The zero-order valence-corrected chi connectivity index (χ0v) is 19.0. The number of hydrogen-bond donors (Lipinski definition) is 0. The third-order valence-electron chi connectivity index (χ3n) is 7.61. The third kappa shape index (κ3) is 2.55. The summed E-state index contributed by atoms with van der Waals surface area (Å²) in [4.78, 5) is 0. The first-order valence-corrected chi connectivity index (χ1v) is 12.4. The molecule has 2 aliphatic rings. The number of hydrogen-bond acceptors (Lipinski definition) is 1. The van der Waals surface area contributed by atoms with Gasteiger partial charge in [0, 0.05) is 32.0 Å². The fraction of sp³-hybridized carbons (Fsp3) is 0.161. The maximum atomic E-state index is 2.43. The third-order valence-corrected chi connectivity index (χ3v) is 8.74. The topological polar surface area (TPSA) is 0 Å². The highest BCUT2D eigenvalue weighted by Crippen LogP contribution is 2.51. The standard InChI is InChI=1S/C31H24S/c1-19-18-20-14-17-29-31(27-12-6-7-13-28(27)32-29)30(20)21(19)15-16-26-24-10-4-2-8-22(24)23-9-3-5-11-25(23)26/h2-14,17-18,21,26H,15-16H2,1H3. The van der Waals surface area contributed by atoms with Crippen LogP contribution in [0.1, 0.15) is 53.9 Å². The first-order chi connectivity index (χ1) is 15.8. The molecule has 0 amide bonds. The summed E-state index contributed by atoms with van der Waals surface area (Å²) in [5, 5.41) is 2.92. The van der Waals surface area contributed by atoms with Crippen LogP contribution in [0.4, 0.5) is 0 Å². The molecule has 0 radical (unpaired) electrons. The van der Waals surface area contributed by atoms with Crippen molar-refractivity contribution in [2.75, 3.05) is 0 Å². The lowest BCUT2D eigenvalue weighted by atomic mass is 9.83. The molecular formula is C31H24S. The van der Waals surface area contributed by atoms with Crippen molar-refractivity contribution in [3.8, 4) is 11.1 Å². The number of thiophene rings is 1. The summed E-state index contributed by atoms with van der Waals surface area (Å²) in [7, 11) is 0. The monoisotopic (exact) mass is 428 g/mol. The summed E-state index contributed by atoms with van der Waals surface area (Å²) in [6.45, 7) is 2.33. The van der Waals surface area contributed by atoms with Crippen LogP contribution in [-0.2, 0) is 0 Å². The smallest absolute Gasteiger partial charge is 0.0358 e. The Balaban J connectivity index is 1.31. The van der Waals surface area contributed by atoms with Crippen LogP contribution in [0.25, 0.3) is 37.4 Å². The number of rotatable bonds is 3. The van der Waals surface area contributed by atoms with E-state index >= 15 is 0 Å². The molecule has 1 atom stereocenters. The largest absolute Gasteiger partial charge is 0.135 e. The lowest BCUT2D eigenvalue weighted by molar-refractivity contribution is 0.621. The van der Waals surface area contributed by atoms with Gasteiger partial charge in [0.25, 0.3) is 0 Å². The summed E-state index contributed by atoms with van der Waals surface area (Å²) in [6.07, 6.45) is 4.80. The highest BCUT2D eigenvalue weighted by molar-refractivity contribution is 7.25. The molecule has 2 aliphatic carbocycles.